The first-order valence-electron chi connectivity index (χ1n) is 7.83. The van der Waals surface area contributed by atoms with E-state index in [1.807, 2.05) is 13.8 Å². The third-order valence-electron chi connectivity index (χ3n) is 6.00. The predicted molar refractivity (Wildman–Crippen MR) is 74.7 cm³/mol. The highest BCUT2D eigenvalue weighted by Crippen LogP contribution is 2.58. The highest BCUT2D eigenvalue weighted by molar-refractivity contribution is 5.86. The summed E-state index contributed by atoms with van der Waals surface area (Å²) in [6.07, 6.45) is 6.82. The summed E-state index contributed by atoms with van der Waals surface area (Å²) in [6.45, 7) is 3.89. The third kappa shape index (κ3) is 1.60. The van der Waals surface area contributed by atoms with Gasteiger partial charge in [0.2, 0.25) is 0 Å². The van der Waals surface area contributed by atoms with E-state index in [9.17, 15) is 9.90 Å². The van der Waals surface area contributed by atoms with Crippen LogP contribution < -0.4 is 0 Å². The summed E-state index contributed by atoms with van der Waals surface area (Å²) in [5.41, 5.74) is 1.10. The molecule has 5 rings (SSSR count). The molecule has 4 aliphatic carbocycles. The van der Waals surface area contributed by atoms with Crippen LogP contribution >= 0.6 is 0 Å². The smallest absolute Gasteiger partial charge is 0.356 e. The highest BCUT2D eigenvalue weighted by Gasteiger charge is 2.49. The molecule has 1 aromatic rings. The lowest BCUT2D eigenvalue weighted by molar-refractivity contribution is -0.0305. The molecule has 108 valence electrons. The summed E-state index contributed by atoms with van der Waals surface area (Å²) in [6, 6.07) is 0.503. The van der Waals surface area contributed by atoms with Gasteiger partial charge in [0.05, 0.1) is 0 Å². The van der Waals surface area contributed by atoms with E-state index in [0.717, 1.165) is 35.2 Å². The molecule has 0 unspecified atom stereocenters. The van der Waals surface area contributed by atoms with Crippen LogP contribution in [0.1, 0.15) is 60.2 Å². The Morgan fingerprint density at radius 1 is 1.10 bits per heavy atom. The van der Waals surface area contributed by atoms with Gasteiger partial charge >= 0.3 is 5.97 Å². The van der Waals surface area contributed by atoms with Crippen molar-refractivity contribution in [3.05, 3.63) is 17.2 Å². The topological polar surface area (TPSA) is 55.1 Å². The van der Waals surface area contributed by atoms with Crippen LogP contribution in [0.4, 0.5) is 0 Å². The molecule has 4 aliphatic rings. The fourth-order valence-corrected chi connectivity index (χ4v) is 5.61. The van der Waals surface area contributed by atoms with Crippen LogP contribution in [-0.2, 0) is 0 Å². The lowest BCUT2D eigenvalue weighted by atomic mass is 9.54. The van der Waals surface area contributed by atoms with Crippen molar-refractivity contribution in [1.82, 2.24) is 9.55 Å². The lowest BCUT2D eigenvalue weighted by Gasteiger charge is -2.55. The summed E-state index contributed by atoms with van der Waals surface area (Å²) < 4.78 is 2.26. The number of aryl methyl sites for hydroxylation is 1. The SMILES string of the molecule is Cc1nc(C(=O)O)c(C)n1C1C2CC3CC(C2)CC1C3. The summed E-state index contributed by atoms with van der Waals surface area (Å²) in [7, 11) is 0. The average Bonchev–Trinajstić information content (AvgIpc) is 2.65. The van der Waals surface area contributed by atoms with E-state index in [1.54, 1.807) is 0 Å². The molecular formula is C16H22N2O2. The van der Waals surface area contributed by atoms with Gasteiger partial charge in [-0.1, -0.05) is 0 Å². The molecule has 4 saturated carbocycles. The number of aromatic carboxylic acids is 1. The molecule has 1 aromatic heterocycles. The Morgan fingerprint density at radius 2 is 1.65 bits per heavy atom. The number of hydrogen-bond donors (Lipinski definition) is 1. The van der Waals surface area contributed by atoms with E-state index in [2.05, 4.69) is 9.55 Å². The number of nitrogens with zero attached hydrogens (tertiary/aromatic N) is 2. The van der Waals surface area contributed by atoms with Crippen molar-refractivity contribution < 1.29 is 9.90 Å². The first-order chi connectivity index (χ1) is 9.54. The molecule has 0 aliphatic heterocycles. The second-order valence-electron chi connectivity index (χ2n) is 7.19. The molecule has 0 atom stereocenters. The van der Waals surface area contributed by atoms with Gasteiger partial charge < -0.3 is 9.67 Å². The minimum atomic E-state index is -0.895. The molecule has 4 fully saturated rings. The van der Waals surface area contributed by atoms with Gasteiger partial charge in [0.15, 0.2) is 5.69 Å². The van der Waals surface area contributed by atoms with Crippen molar-refractivity contribution >= 4 is 5.97 Å². The van der Waals surface area contributed by atoms with E-state index in [0.29, 0.717) is 6.04 Å². The van der Waals surface area contributed by atoms with E-state index >= 15 is 0 Å². The lowest BCUT2D eigenvalue weighted by Crippen LogP contribution is -2.46. The van der Waals surface area contributed by atoms with Crippen LogP contribution in [0.25, 0.3) is 0 Å². The molecule has 1 heterocycles. The van der Waals surface area contributed by atoms with Crippen molar-refractivity contribution in [2.45, 2.75) is 52.0 Å². The minimum absolute atomic E-state index is 0.247. The van der Waals surface area contributed by atoms with Crippen molar-refractivity contribution in [2.75, 3.05) is 0 Å². The number of rotatable bonds is 2. The van der Waals surface area contributed by atoms with E-state index in [-0.39, 0.29) is 5.69 Å². The normalized spacial score (nSPS) is 38.4. The van der Waals surface area contributed by atoms with Crippen LogP contribution in [0.2, 0.25) is 0 Å². The number of aromatic nitrogens is 2. The first-order valence-corrected chi connectivity index (χ1v) is 7.83. The van der Waals surface area contributed by atoms with Gasteiger partial charge in [-0.2, -0.15) is 0 Å². The second kappa shape index (κ2) is 4.09. The summed E-state index contributed by atoms with van der Waals surface area (Å²) in [4.78, 5) is 15.6. The second-order valence-corrected chi connectivity index (χ2v) is 7.19. The molecule has 4 nitrogen and oxygen atoms in total. The Hall–Kier alpha value is -1.32. The Bertz CT molecular complexity index is 547. The molecule has 0 saturated heterocycles. The van der Waals surface area contributed by atoms with Crippen LogP contribution in [0.3, 0.4) is 0 Å². The van der Waals surface area contributed by atoms with Gasteiger partial charge in [-0.05, 0) is 69.6 Å². The van der Waals surface area contributed by atoms with E-state index in [4.69, 9.17) is 0 Å². The molecule has 4 heteroatoms. The van der Waals surface area contributed by atoms with Crippen LogP contribution in [0.15, 0.2) is 0 Å². The Balaban J connectivity index is 1.76. The summed E-state index contributed by atoms with van der Waals surface area (Å²) in [5.74, 6) is 3.37. The molecule has 0 aromatic carbocycles. The first kappa shape index (κ1) is 12.4. The monoisotopic (exact) mass is 274 g/mol. The van der Waals surface area contributed by atoms with Crippen molar-refractivity contribution in [1.29, 1.82) is 0 Å². The van der Waals surface area contributed by atoms with E-state index < -0.39 is 5.97 Å². The quantitative estimate of drug-likeness (QED) is 0.901. The molecular weight excluding hydrogens is 252 g/mol. The van der Waals surface area contributed by atoms with Crippen molar-refractivity contribution in [2.24, 2.45) is 23.7 Å². The zero-order valence-electron chi connectivity index (χ0n) is 12.2. The largest absolute Gasteiger partial charge is 0.476 e. The maximum Gasteiger partial charge on any atom is 0.356 e. The Kier molecular flexibility index (Phi) is 2.54. The highest BCUT2D eigenvalue weighted by atomic mass is 16.4. The van der Waals surface area contributed by atoms with Crippen molar-refractivity contribution in [3.63, 3.8) is 0 Å². The fourth-order valence-electron chi connectivity index (χ4n) is 5.61. The Morgan fingerprint density at radius 3 is 2.10 bits per heavy atom. The zero-order chi connectivity index (χ0) is 14.0. The number of carboxylic acid groups (broad SMARTS) is 1. The van der Waals surface area contributed by atoms with Gasteiger partial charge in [-0.3, -0.25) is 0 Å². The number of carbonyl (C=O) groups is 1. The third-order valence-corrected chi connectivity index (χ3v) is 6.00. The van der Waals surface area contributed by atoms with Gasteiger partial charge in [0.1, 0.15) is 5.82 Å². The molecule has 0 spiro atoms. The number of carboxylic acids is 1. The number of hydrogen-bond acceptors (Lipinski definition) is 2. The molecule has 4 bridgehead atoms. The Labute approximate surface area is 119 Å². The van der Waals surface area contributed by atoms with Gasteiger partial charge in [0.25, 0.3) is 0 Å². The summed E-state index contributed by atoms with van der Waals surface area (Å²) in [5, 5.41) is 9.28. The van der Waals surface area contributed by atoms with Crippen LogP contribution in [0.5, 0.6) is 0 Å². The maximum absolute atomic E-state index is 11.3. The molecule has 0 radical (unpaired) electrons. The van der Waals surface area contributed by atoms with E-state index in [1.165, 1.54) is 32.1 Å². The number of imidazole rings is 1. The average molecular weight is 274 g/mol. The predicted octanol–water partition coefficient (Wildman–Crippen LogP) is 3.20. The molecule has 1 N–H and O–H groups in total. The van der Waals surface area contributed by atoms with Gasteiger partial charge in [-0.25, -0.2) is 9.78 Å². The standard InChI is InChI=1S/C16H22N2O2/c1-8-14(16(19)20)17-9(2)18(8)15-12-4-10-3-11(6-12)7-13(15)5-10/h10-13,15H,3-7H2,1-2H3,(H,19,20). The molecule has 20 heavy (non-hydrogen) atoms. The molecule has 0 amide bonds. The van der Waals surface area contributed by atoms with Crippen molar-refractivity contribution in [3.8, 4) is 0 Å². The zero-order valence-corrected chi connectivity index (χ0v) is 12.2. The summed E-state index contributed by atoms with van der Waals surface area (Å²) >= 11 is 0. The van der Waals surface area contributed by atoms with Crippen LogP contribution in [-0.4, -0.2) is 20.6 Å². The van der Waals surface area contributed by atoms with Gasteiger partial charge in [-0.15, -0.1) is 0 Å². The van der Waals surface area contributed by atoms with Gasteiger partial charge in [0, 0.05) is 11.7 Å². The van der Waals surface area contributed by atoms with Crippen LogP contribution in [0, 0.1) is 37.5 Å². The minimum Gasteiger partial charge on any atom is -0.476 e. The maximum atomic E-state index is 11.3. The fraction of sp³-hybridized carbons (Fsp3) is 0.750.